The molecule has 2 aromatic rings. The molecule has 0 aliphatic heterocycles. The highest BCUT2D eigenvalue weighted by Crippen LogP contribution is 2.22. The Balaban J connectivity index is 1.75. The molecular weight excluding hydrogens is 344 g/mol. The summed E-state index contributed by atoms with van der Waals surface area (Å²) < 4.78 is 1.19. The first kappa shape index (κ1) is 14.9. The zero-order chi connectivity index (χ0) is 13.7. The number of likely N-dealkylation sites (N-methyl/N-ethyl adjacent to an activating group) is 1. The molecule has 2 rings (SSSR count). The molecule has 0 spiro atoms. The van der Waals surface area contributed by atoms with E-state index in [1.165, 1.54) is 9.35 Å². The van der Waals surface area contributed by atoms with Gasteiger partial charge in [0.05, 0.1) is 14.5 Å². The maximum atomic E-state index is 6.09. The van der Waals surface area contributed by atoms with Crippen LogP contribution in [-0.2, 0) is 6.54 Å². The highest BCUT2D eigenvalue weighted by atomic mass is 79.9. The van der Waals surface area contributed by atoms with Gasteiger partial charge in [0.1, 0.15) is 0 Å². The van der Waals surface area contributed by atoms with Crippen molar-refractivity contribution in [2.24, 2.45) is 0 Å². The van der Waals surface area contributed by atoms with Crippen molar-refractivity contribution in [1.29, 1.82) is 0 Å². The van der Waals surface area contributed by atoms with E-state index < -0.39 is 0 Å². The monoisotopic (exact) mass is 358 g/mol. The zero-order valence-electron chi connectivity index (χ0n) is 10.7. The Kier molecular flexibility index (Phi) is 5.70. The van der Waals surface area contributed by atoms with Crippen molar-refractivity contribution in [1.82, 2.24) is 4.90 Å². The summed E-state index contributed by atoms with van der Waals surface area (Å²) in [6, 6.07) is 9.99. The second-order valence-electron chi connectivity index (χ2n) is 4.40. The van der Waals surface area contributed by atoms with Crippen molar-refractivity contribution >= 4 is 44.6 Å². The summed E-state index contributed by atoms with van der Waals surface area (Å²) in [7, 11) is 2.12. The van der Waals surface area contributed by atoms with Gasteiger partial charge in [0.25, 0.3) is 0 Å². The first-order valence-corrected chi connectivity index (χ1v) is 8.10. The second kappa shape index (κ2) is 7.29. The lowest BCUT2D eigenvalue weighted by Crippen LogP contribution is -2.24. The molecule has 1 N–H and O–H groups in total. The normalized spacial score (nSPS) is 10.9. The van der Waals surface area contributed by atoms with Gasteiger partial charge in [-0.2, -0.15) is 0 Å². The molecule has 0 bridgehead atoms. The van der Waals surface area contributed by atoms with E-state index in [4.69, 9.17) is 11.6 Å². The lowest BCUT2D eigenvalue weighted by Gasteiger charge is -2.17. The molecule has 0 saturated carbocycles. The smallest absolute Gasteiger partial charge is 0.0701 e. The molecule has 0 aliphatic carbocycles. The Morgan fingerprint density at radius 1 is 1.37 bits per heavy atom. The highest BCUT2D eigenvalue weighted by molar-refractivity contribution is 9.11. The van der Waals surface area contributed by atoms with Crippen LogP contribution in [0.1, 0.15) is 5.56 Å². The van der Waals surface area contributed by atoms with E-state index in [1.807, 2.05) is 24.3 Å². The fourth-order valence-corrected chi connectivity index (χ4v) is 3.21. The van der Waals surface area contributed by atoms with Gasteiger partial charge in [-0.05, 0) is 52.1 Å². The summed E-state index contributed by atoms with van der Waals surface area (Å²) in [4.78, 5) is 2.29. The van der Waals surface area contributed by atoms with Gasteiger partial charge in [0.15, 0.2) is 0 Å². The lowest BCUT2D eigenvalue weighted by atomic mass is 10.3. The van der Waals surface area contributed by atoms with Crippen molar-refractivity contribution in [3.63, 3.8) is 0 Å². The summed E-state index contributed by atoms with van der Waals surface area (Å²) in [5, 5.41) is 6.31. The van der Waals surface area contributed by atoms with Crippen LogP contribution in [0.5, 0.6) is 0 Å². The van der Waals surface area contributed by atoms with E-state index in [2.05, 4.69) is 44.6 Å². The molecule has 1 aromatic heterocycles. The molecule has 1 heterocycles. The number of anilines is 1. The van der Waals surface area contributed by atoms with Crippen molar-refractivity contribution in [3.05, 3.63) is 50.1 Å². The number of hydrogen-bond acceptors (Lipinski definition) is 3. The average molecular weight is 360 g/mol. The Bertz CT molecular complexity index is 530. The minimum absolute atomic E-state index is 0.770. The largest absolute Gasteiger partial charge is 0.383 e. The van der Waals surface area contributed by atoms with Crippen LogP contribution >= 0.6 is 38.9 Å². The average Bonchev–Trinajstić information content (AvgIpc) is 2.77. The molecule has 1 aromatic carbocycles. The van der Waals surface area contributed by atoms with Crippen molar-refractivity contribution < 1.29 is 0 Å². The molecule has 5 heteroatoms. The third-order valence-electron chi connectivity index (χ3n) is 2.76. The van der Waals surface area contributed by atoms with Crippen molar-refractivity contribution in [2.75, 3.05) is 25.5 Å². The third kappa shape index (κ3) is 4.80. The van der Waals surface area contributed by atoms with Gasteiger partial charge in [0, 0.05) is 19.6 Å². The van der Waals surface area contributed by atoms with E-state index in [1.54, 1.807) is 11.3 Å². The second-order valence-corrected chi connectivity index (χ2v) is 7.10. The summed E-state index contributed by atoms with van der Waals surface area (Å²) in [5.74, 6) is 0. The minimum atomic E-state index is 0.770. The van der Waals surface area contributed by atoms with E-state index in [0.29, 0.717) is 0 Å². The summed E-state index contributed by atoms with van der Waals surface area (Å²) in [6.45, 7) is 2.82. The topological polar surface area (TPSA) is 15.3 Å². The van der Waals surface area contributed by atoms with Gasteiger partial charge in [-0.3, -0.25) is 0 Å². The van der Waals surface area contributed by atoms with Crippen molar-refractivity contribution in [3.8, 4) is 0 Å². The number of halogens is 2. The Morgan fingerprint density at radius 3 is 2.84 bits per heavy atom. The maximum absolute atomic E-state index is 6.09. The SMILES string of the molecule is CN(CCNc1ccccc1Cl)Cc1csc(Br)c1. The first-order chi connectivity index (χ1) is 9.15. The minimum Gasteiger partial charge on any atom is -0.383 e. The number of benzene rings is 1. The highest BCUT2D eigenvalue weighted by Gasteiger charge is 2.03. The molecule has 0 fully saturated rings. The van der Waals surface area contributed by atoms with Crippen LogP contribution in [0.2, 0.25) is 5.02 Å². The van der Waals surface area contributed by atoms with Crippen LogP contribution in [0.15, 0.2) is 39.5 Å². The van der Waals surface area contributed by atoms with Gasteiger partial charge in [0.2, 0.25) is 0 Å². The fraction of sp³-hybridized carbons (Fsp3) is 0.286. The fourth-order valence-electron chi connectivity index (χ4n) is 1.81. The molecule has 0 radical (unpaired) electrons. The van der Waals surface area contributed by atoms with E-state index >= 15 is 0 Å². The molecular formula is C14H16BrClN2S. The molecule has 0 saturated heterocycles. The van der Waals surface area contributed by atoms with Crippen molar-refractivity contribution in [2.45, 2.75) is 6.54 Å². The molecule has 0 aliphatic rings. The Labute approximate surface area is 131 Å². The summed E-state index contributed by atoms with van der Waals surface area (Å²) >= 11 is 11.3. The van der Waals surface area contributed by atoms with E-state index in [-0.39, 0.29) is 0 Å². The zero-order valence-corrected chi connectivity index (χ0v) is 13.9. The number of nitrogens with zero attached hydrogens (tertiary/aromatic N) is 1. The predicted molar refractivity (Wildman–Crippen MR) is 88.3 cm³/mol. The predicted octanol–water partition coefficient (Wildman–Crippen LogP) is 4.71. The molecule has 0 unspecified atom stereocenters. The van der Waals surface area contributed by atoms with Gasteiger partial charge >= 0.3 is 0 Å². The number of thiophene rings is 1. The molecule has 102 valence electrons. The maximum Gasteiger partial charge on any atom is 0.0701 e. The summed E-state index contributed by atoms with van der Waals surface area (Å²) in [6.07, 6.45) is 0. The number of para-hydroxylation sites is 1. The van der Waals surface area contributed by atoms with Crippen LogP contribution in [0.25, 0.3) is 0 Å². The van der Waals surface area contributed by atoms with Gasteiger partial charge in [-0.15, -0.1) is 11.3 Å². The molecule has 19 heavy (non-hydrogen) atoms. The quantitative estimate of drug-likeness (QED) is 0.803. The Hall–Kier alpha value is -0.550. The van der Waals surface area contributed by atoms with E-state index in [0.717, 1.165) is 30.3 Å². The Morgan fingerprint density at radius 2 is 2.16 bits per heavy atom. The van der Waals surface area contributed by atoms with Crippen LogP contribution in [0.4, 0.5) is 5.69 Å². The third-order valence-corrected chi connectivity index (χ3v) is 4.64. The standard InChI is InChI=1S/C14H16BrClN2S/c1-18(9-11-8-14(15)19-10-11)7-6-17-13-5-3-2-4-12(13)16/h2-5,8,10,17H,6-7,9H2,1H3. The van der Waals surface area contributed by atoms with Gasteiger partial charge in [-0.1, -0.05) is 23.7 Å². The lowest BCUT2D eigenvalue weighted by molar-refractivity contribution is 0.340. The van der Waals surface area contributed by atoms with Gasteiger partial charge in [-0.25, -0.2) is 0 Å². The molecule has 0 amide bonds. The molecule has 2 nitrogen and oxygen atoms in total. The van der Waals surface area contributed by atoms with E-state index in [9.17, 15) is 0 Å². The number of rotatable bonds is 6. The number of hydrogen-bond donors (Lipinski definition) is 1. The van der Waals surface area contributed by atoms with Crippen LogP contribution in [0, 0.1) is 0 Å². The van der Waals surface area contributed by atoms with Crippen LogP contribution < -0.4 is 5.32 Å². The van der Waals surface area contributed by atoms with Crippen LogP contribution in [-0.4, -0.2) is 25.0 Å². The number of nitrogens with one attached hydrogen (secondary N) is 1. The van der Waals surface area contributed by atoms with Gasteiger partial charge < -0.3 is 10.2 Å². The molecule has 0 atom stereocenters. The first-order valence-electron chi connectivity index (χ1n) is 6.05. The van der Waals surface area contributed by atoms with Crippen LogP contribution in [0.3, 0.4) is 0 Å². The summed E-state index contributed by atoms with van der Waals surface area (Å²) in [5.41, 5.74) is 2.34.